The summed E-state index contributed by atoms with van der Waals surface area (Å²) in [6.45, 7) is 1.90. The minimum atomic E-state index is -3.68. The molecule has 4 aromatic rings. The number of nitrogens with zero attached hydrogens (tertiary/aromatic N) is 1. The monoisotopic (exact) mass is 379 g/mol. The number of rotatable bonds is 4. The third-order valence-electron chi connectivity index (χ3n) is 4.10. The van der Waals surface area contributed by atoms with E-state index < -0.39 is 10.0 Å². The van der Waals surface area contributed by atoms with Crippen LogP contribution in [-0.4, -0.2) is 13.4 Å². The summed E-state index contributed by atoms with van der Waals surface area (Å²) in [7, 11) is -3.68. The Morgan fingerprint density at radius 2 is 1.78 bits per heavy atom. The van der Waals surface area contributed by atoms with Gasteiger partial charge in [0.2, 0.25) is 5.89 Å². The Kier molecular flexibility index (Phi) is 4.08. The first-order chi connectivity index (χ1) is 12.9. The molecule has 3 aromatic carbocycles. The zero-order valence-corrected chi connectivity index (χ0v) is 15.3. The van der Waals surface area contributed by atoms with Crippen molar-refractivity contribution in [3.8, 4) is 11.5 Å². The molecule has 0 saturated carbocycles. The van der Waals surface area contributed by atoms with E-state index in [0.717, 1.165) is 5.56 Å². The molecule has 3 N–H and O–H groups in total. The molecule has 0 aliphatic rings. The summed E-state index contributed by atoms with van der Waals surface area (Å²) in [6.07, 6.45) is 0. The van der Waals surface area contributed by atoms with E-state index in [1.54, 1.807) is 66.7 Å². The third-order valence-corrected chi connectivity index (χ3v) is 5.50. The van der Waals surface area contributed by atoms with Crippen LogP contribution in [0.5, 0.6) is 0 Å². The minimum absolute atomic E-state index is 0.204. The number of benzene rings is 3. The minimum Gasteiger partial charge on any atom is -0.436 e. The quantitative estimate of drug-likeness (QED) is 0.518. The van der Waals surface area contributed by atoms with Gasteiger partial charge in [0.25, 0.3) is 10.0 Å². The van der Waals surface area contributed by atoms with Crippen molar-refractivity contribution < 1.29 is 12.8 Å². The normalized spacial score (nSPS) is 11.6. The molecule has 1 heterocycles. The van der Waals surface area contributed by atoms with Crippen molar-refractivity contribution in [2.45, 2.75) is 11.8 Å². The lowest BCUT2D eigenvalue weighted by molar-refractivity contribution is 0.601. The molecule has 0 saturated heterocycles. The van der Waals surface area contributed by atoms with Crippen molar-refractivity contribution in [3.63, 3.8) is 0 Å². The summed E-state index contributed by atoms with van der Waals surface area (Å²) >= 11 is 0. The Labute approximate surface area is 156 Å². The van der Waals surface area contributed by atoms with E-state index in [2.05, 4.69) is 9.71 Å². The molecule has 0 atom stereocenters. The number of anilines is 2. The third kappa shape index (κ3) is 3.50. The van der Waals surface area contributed by atoms with E-state index in [1.807, 2.05) is 6.92 Å². The second kappa shape index (κ2) is 6.44. The second-order valence-corrected chi connectivity index (χ2v) is 7.93. The summed E-state index contributed by atoms with van der Waals surface area (Å²) in [6, 6.07) is 18.8. The number of sulfonamides is 1. The Bertz CT molecular complexity index is 1230. The summed E-state index contributed by atoms with van der Waals surface area (Å²) in [5.74, 6) is 0.395. The van der Waals surface area contributed by atoms with Gasteiger partial charge in [-0.15, -0.1) is 0 Å². The fraction of sp³-hybridized carbons (Fsp3) is 0.0500. The molecule has 0 aliphatic carbocycles. The standard InChI is InChI=1S/C20H17N3O3S/c1-13-5-8-17(9-6-13)27(24,25)23-16-4-2-3-14(11-16)20-22-18-12-15(21)7-10-19(18)26-20/h2-12,23H,21H2,1H3. The molecule has 0 radical (unpaired) electrons. The van der Waals surface area contributed by atoms with Gasteiger partial charge >= 0.3 is 0 Å². The van der Waals surface area contributed by atoms with Gasteiger partial charge in [-0.3, -0.25) is 4.72 Å². The lowest BCUT2D eigenvalue weighted by Gasteiger charge is -2.09. The zero-order chi connectivity index (χ0) is 19.0. The Morgan fingerprint density at radius 1 is 1.00 bits per heavy atom. The van der Waals surface area contributed by atoms with Crippen molar-refractivity contribution in [2.75, 3.05) is 10.5 Å². The Hall–Kier alpha value is -3.32. The molecule has 0 fully saturated rings. The van der Waals surface area contributed by atoms with Crippen molar-refractivity contribution in [1.82, 2.24) is 4.98 Å². The highest BCUT2D eigenvalue weighted by molar-refractivity contribution is 7.92. The summed E-state index contributed by atoms with van der Waals surface area (Å²) < 4.78 is 33.5. The number of oxazole rings is 1. The largest absolute Gasteiger partial charge is 0.436 e. The molecular weight excluding hydrogens is 362 g/mol. The molecule has 27 heavy (non-hydrogen) atoms. The van der Waals surface area contributed by atoms with Crippen LogP contribution in [0.15, 0.2) is 76.0 Å². The van der Waals surface area contributed by atoms with Crippen LogP contribution in [0, 0.1) is 6.92 Å². The van der Waals surface area contributed by atoms with Gasteiger partial charge in [-0.2, -0.15) is 0 Å². The van der Waals surface area contributed by atoms with E-state index >= 15 is 0 Å². The molecule has 0 bridgehead atoms. The SMILES string of the molecule is Cc1ccc(S(=O)(=O)Nc2cccc(-c3nc4cc(N)ccc4o3)c2)cc1. The molecule has 4 rings (SSSR count). The number of nitrogen functional groups attached to an aromatic ring is 1. The summed E-state index contributed by atoms with van der Waals surface area (Å²) in [5.41, 5.74) is 9.71. The molecule has 0 spiro atoms. The van der Waals surface area contributed by atoms with E-state index in [4.69, 9.17) is 10.2 Å². The van der Waals surface area contributed by atoms with Gasteiger partial charge in [-0.1, -0.05) is 23.8 Å². The van der Waals surface area contributed by atoms with Gasteiger partial charge in [-0.25, -0.2) is 13.4 Å². The summed E-state index contributed by atoms with van der Waals surface area (Å²) in [5, 5.41) is 0. The molecule has 1 aromatic heterocycles. The molecule has 0 unspecified atom stereocenters. The Morgan fingerprint density at radius 3 is 2.56 bits per heavy atom. The van der Waals surface area contributed by atoms with E-state index in [-0.39, 0.29) is 4.90 Å². The van der Waals surface area contributed by atoms with Crippen LogP contribution in [0.3, 0.4) is 0 Å². The highest BCUT2D eigenvalue weighted by Crippen LogP contribution is 2.28. The molecule has 0 aliphatic heterocycles. The van der Waals surface area contributed by atoms with Gasteiger partial charge in [-0.05, 0) is 55.5 Å². The van der Waals surface area contributed by atoms with Crippen LogP contribution in [-0.2, 0) is 10.0 Å². The van der Waals surface area contributed by atoms with Gasteiger partial charge in [0.1, 0.15) is 5.52 Å². The number of aromatic nitrogens is 1. The first-order valence-electron chi connectivity index (χ1n) is 8.27. The number of hydrogen-bond donors (Lipinski definition) is 2. The predicted octanol–water partition coefficient (Wildman–Crippen LogP) is 4.19. The lowest BCUT2D eigenvalue weighted by atomic mass is 10.2. The van der Waals surface area contributed by atoms with Gasteiger partial charge in [0.05, 0.1) is 4.90 Å². The number of nitrogens with one attached hydrogen (secondary N) is 1. The van der Waals surface area contributed by atoms with Crippen molar-refractivity contribution in [2.24, 2.45) is 0 Å². The van der Waals surface area contributed by atoms with E-state index in [0.29, 0.717) is 33.9 Å². The summed E-state index contributed by atoms with van der Waals surface area (Å²) in [4.78, 5) is 4.63. The molecule has 7 heteroatoms. The first-order valence-corrected chi connectivity index (χ1v) is 9.75. The first kappa shape index (κ1) is 17.1. The Balaban J connectivity index is 1.66. The molecule has 6 nitrogen and oxygen atoms in total. The van der Waals surface area contributed by atoms with Gasteiger partial charge < -0.3 is 10.2 Å². The average molecular weight is 379 g/mol. The van der Waals surface area contributed by atoms with E-state index in [1.165, 1.54) is 0 Å². The van der Waals surface area contributed by atoms with Gasteiger partial charge in [0, 0.05) is 16.9 Å². The van der Waals surface area contributed by atoms with Crippen LogP contribution in [0.2, 0.25) is 0 Å². The fourth-order valence-corrected chi connectivity index (χ4v) is 3.76. The number of aryl methyl sites for hydroxylation is 1. The topological polar surface area (TPSA) is 98.2 Å². The second-order valence-electron chi connectivity index (χ2n) is 6.25. The number of nitrogens with two attached hydrogens (primary N) is 1. The van der Waals surface area contributed by atoms with Crippen LogP contribution in [0.1, 0.15) is 5.56 Å². The van der Waals surface area contributed by atoms with Crippen LogP contribution in [0.4, 0.5) is 11.4 Å². The van der Waals surface area contributed by atoms with Crippen molar-refractivity contribution in [1.29, 1.82) is 0 Å². The predicted molar refractivity (Wildman–Crippen MR) is 106 cm³/mol. The van der Waals surface area contributed by atoms with Crippen molar-refractivity contribution in [3.05, 3.63) is 72.3 Å². The highest BCUT2D eigenvalue weighted by atomic mass is 32.2. The maximum absolute atomic E-state index is 12.6. The van der Waals surface area contributed by atoms with Crippen LogP contribution < -0.4 is 10.5 Å². The van der Waals surface area contributed by atoms with E-state index in [9.17, 15) is 8.42 Å². The molecule has 136 valence electrons. The maximum Gasteiger partial charge on any atom is 0.261 e. The molecule has 0 amide bonds. The lowest BCUT2D eigenvalue weighted by Crippen LogP contribution is -2.12. The molecular formula is C20H17N3O3S. The smallest absolute Gasteiger partial charge is 0.261 e. The fourth-order valence-electron chi connectivity index (χ4n) is 2.72. The number of hydrogen-bond acceptors (Lipinski definition) is 5. The average Bonchev–Trinajstić information content (AvgIpc) is 3.05. The maximum atomic E-state index is 12.6. The zero-order valence-electron chi connectivity index (χ0n) is 14.5. The van der Waals surface area contributed by atoms with Crippen LogP contribution >= 0.6 is 0 Å². The van der Waals surface area contributed by atoms with Crippen LogP contribution in [0.25, 0.3) is 22.6 Å². The van der Waals surface area contributed by atoms with Crippen molar-refractivity contribution >= 4 is 32.5 Å². The highest BCUT2D eigenvalue weighted by Gasteiger charge is 2.15. The number of fused-ring (bicyclic) bond motifs is 1. The van der Waals surface area contributed by atoms with Gasteiger partial charge in [0.15, 0.2) is 5.58 Å².